The second-order valence-corrected chi connectivity index (χ2v) is 5.56. The van der Waals surface area contributed by atoms with Gasteiger partial charge in [0, 0.05) is 12.1 Å². The van der Waals surface area contributed by atoms with Gasteiger partial charge >= 0.3 is 0 Å². The van der Waals surface area contributed by atoms with Crippen molar-refractivity contribution in [3.05, 3.63) is 0 Å². The van der Waals surface area contributed by atoms with E-state index in [0.29, 0.717) is 12.3 Å². The van der Waals surface area contributed by atoms with E-state index in [4.69, 9.17) is 0 Å². The first-order valence-corrected chi connectivity index (χ1v) is 6.11. The van der Waals surface area contributed by atoms with Crippen LogP contribution >= 0.6 is 11.8 Å². The summed E-state index contributed by atoms with van der Waals surface area (Å²) in [4.78, 5) is 23.8. The van der Waals surface area contributed by atoms with Gasteiger partial charge in [-0.25, -0.2) is 0 Å². The molecule has 0 saturated carbocycles. The normalized spacial score (nSPS) is 17.7. The summed E-state index contributed by atoms with van der Waals surface area (Å²) in [5, 5.41) is 3.22. The zero-order valence-electron chi connectivity index (χ0n) is 9.50. The second-order valence-electron chi connectivity index (χ2n) is 4.63. The van der Waals surface area contributed by atoms with Crippen molar-refractivity contribution in [2.24, 2.45) is 0 Å². The van der Waals surface area contributed by atoms with Crippen molar-refractivity contribution >= 4 is 22.9 Å². The Morgan fingerprint density at radius 2 is 2.07 bits per heavy atom. The molecule has 0 bridgehead atoms. The summed E-state index contributed by atoms with van der Waals surface area (Å²) in [5.41, 5.74) is 0.0910. The van der Waals surface area contributed by atoms with Gasteiger partial charge in [0.2, 0.25) is 5.91 Å². The summed E-state index contributed by atoms with van der Waals surface area (Å²) in [7, 11) is 0. The Hall–Kier alpha value is -0.550. The number of rotatable bonds is 4. The molecule has 1 heterocycles. The van der Waals surface area contributed by atoms with Crippen LogP contribution in [0.25, 0.3) is 0 Å². The molecule has 1 rings (SSSR count). The summed E-state index contributed by atoms with van der Waals surface area (Å²) in [6.45, 7) is 7.64. The van der Waals surface area contributed by atoms with E-state index in [0.717, 1.165) is 24.7 Å². The highest BCUT2D eigenvalue weighted by atomic mass is 32.2. The molecule has 0 atom stereocenters. The fraction of sp³-hybridized carbons (Fsp3) is 0.800. The van der Waals surface area contributed by atoms with Gasteiger partial charge in [0.05, 0.1) is 5.75 Å². The van der Waals surface area contributed by atoms with Crippen LogP contribution in [-0.2, 0) is 4.79 Å². The highest BCUT2D eigenvalue weighted by Crippen LogP contribution is 2.18. The van der Waals surface area contributed by atoms with Crippen LogP contribution in [-0.4, -0.2) is 40.4 Å². The number of nitrogens with zero attached hydrogens (tertiary/aromatic N) is 1. The van der Waals surface area contributed by atoms with Gasteiger partial charge in [-0.05, 0) is 33.7 Å². The molecular formula is C10H18N2O2S. The van der Waals surface area contributed by atoms with Crippen LogP contribution < -0.4 is 5.32 Å². The highest BCUT2D eigenvalue weighted by Gasteiger charge is 2.28. The SMILES string of the molecule is CC(C)(C)NCCCN1C(=O)CSC1=O. The van der Waals surface area contributed by atoms with Crippen LogP contribution in [0.5, 0.6) is 0 Å². The summed E-state index contributed by atoms with van der Waals surface area (Å²) in [6, 6.07) is 0. The van der Waals surface area contributed by atoms with Crippen molar-refractivity contribution in [1.29, 1.82) is 0 Å². The number of imide groups is 1. The van der Waals surface area contributed by atoms with E-state index < -0.39 is 0 Å². The van der Waals surface area contributed by atoms with Crippen LogP contribution in [0.15, 0.2) is 0 Å². The molecular weight excluding hydrogens is 212 g/mol. The Kier molecular flexibility index (Phi) is 4.16. The third-order valence-electron chi connectivity index (χ3n) is 2.05. The van der Waals surface area contributed by atoms with Crippen molar-refractivity contribution in [3.8, 4) is 0 Å². The molecule has 1 N–H and O–H groups in total. The van der Waals surface area contributed by atoms with Crippen molar-refractivity contribution in [1.82, 2.24) is 10.2 Å². The van der Waals surface area contributed by atoms with Gasteiger partial charge < -0.3 is 5.32 Å². The Morgan fingerprint density at radius 1 is 1.40 bits per heavy atom. The molecule has 0 radical (unpaired) electrons. The standard InChI is InChI=1S/C10H18N2O2S/c1-10(2,3)11-5-4-6-12-8(13)7-15-9(12)14/h11H,4-7H2,1-3H3. The number of amides is 2. The van der Waals surface area contributed by atoms with E-state index in [1.54, 1.807) is 0 Å². The number of nitrogens with one attached hydrogen (secondary N) is 1. The first-order chi connectivity index (χ1) is 6.90. The second kappa shape index (κ2) is 4.99. The van der Waals surface area contributed by atoms with E-state index in [-0.39, 0.29) is 16.7 Å². The molecule has 2 amide bonds. The molecule has 0 aromatic carbocycles. The minimum absolute atomic E-state index is 0.0549. The molecule has 1 aliphatic heterocycles. The summed E-state index contributed by atoms with van der Waals surface area (Å²) in [5.74, 6) is 0.256. The molecule has 1 fully saturated rings. The molecule has 0 unspecified atom stereocenters. The van der Waals surface area contributed by atoms with E-state index in [9.17, 15) is 9.59 Å². The number of carbonyl (C=O) groups is 2. The Bertz CT molecular complexity index is 245. The molecule has 0 aliphatic carbocycles. The average molecular weight is 230 g/mol. The Balaban J connectivity index is 2.20. The minimum Gasteiger partial charge on any atom is -0.312 e. The zero-order valence-corrected chi connectivity index (χ0v) is 10.3. The van der Waals surface area contributed by atoms with Gasteiger partial charge in [-0.3, -0.25) is 14.5 Å². The van der Waals surface area contributed by atoms with Gasteiger partial charge in [0.1, 0.15) is 0 Å². The van der Waals surface area contributed by atoms with Gasteiger partial charge in [-0.15, -0.1) is 0 Å². The van der Waals surface area contributed by atoms with E-state index in [1.807, 2.05) is 0 Å². The number of hydrogen-bond acceptors (Lipinski definition) is 4. The lowest BCUT2D eigenvalue weighted by atomic mass is 10.1. The summed E-state index contributed by atoms with van der Waals surface area (Å²) < 4.78 is 0. The van der Waals surface area contributed by atoms with Gasteiger partial charge in [-0.2, -0.15) is 0 Å². The smallest absolute Gasteiger partial charge is 0.288 e. The number of hydrogen-bond donors (Lipinski definition) is 1. The van der Waals surface area contributed by atoms with Crippen molar-refractivity contribution < 1.29 is 9.59 Å². The molecule has 0 aromatic heterocycles. The third kappa shape index (κ3) is 4.22. The largest absolute Gasteiger partial charge is 0.312 e. The van der Waals surface area contributed by atoms with Crippen LogP contribution in [0.3, 0.4) is 0 Å². The van der Waals surface area contributed by atoms with E-state index in [1.165, 1.54) is 4.90 Å². The fourth-order valence-electron chi connectivity index (χ4n) is 1.30. The van der Waals surface area contributed by atoms with E-state index in [2.05, 4.69) is 26.1 Å². The molecule has 1 saturated heterocycles. The monoisotopic (exact) mass is 230 g/mol. The maximum Gasteiger partial charge on any atom is 0.288 e. The predicted molar refractivity (Wildman–Crippen MR) is 61.9 cm³/mol. The van der Waals surface area contributed by atoms with Crippen molar-refractivity contribution in [3.63, 3.8) is 0 Å². The molecule has 5 heteroatoms. The lowest BCUT2D eigenvalue weighted by molar-refractivity contribution is -0.124. The summed E-state index contributed by atoms with van der Waals surface area (Å²) >= 11 is 1.09. The van der Waals surface area contributed by atoms with Crippen LogP contribution in [0.4, 0.5) is 4.79 Å². The first-order valence-electron chi connectivity index (χ1n) is 5.12. The maximum absolute atomic E-state index is 11.2. The van der Waals surface area contributed by atoms with Gasteiger partial charge in [-0.1, -0.05) is 11.8 Å². The molecule has 1 aliphatic rings. The van der Waals surface area contributed by atoms with Crippen LogP contribution in [0.1, 0.15) is 27.2 Å². The lowest BCUT2D eigenvalue weighted by Gasteiger charge is -2.21. The topological polar surface area (TPSA) is 49.4 Å². The maximum atomic E-state index is 11.2. The van der Waals surface area contributed by atoms with Crippen LogP contribution in [0.2, 0.25) is 0 Å². The lowest BCUT2D eigenvalue weighted by Crippen LogP contribution is -2.38. The van der Waals surface area contributed by atoms with Crippen molar-refractivity contribution in [2.75, 3.05) is 18.8 Å². The third-order valence-corrected chi connectivity index (χ3v) is 2.91. The Labute approximate surface area is 94.8 Å². The molecule has 86 valence electrons. The van der Waals surface area contributed by atoms with E-state index >= 15 is 0 Å². The minimum atomic E-state index is -0.101. The predicted octanol–water partition coefficient (Wildman–Crippen LogP) is 1.46. The van der Waals surface area contributed by atoms with Crippen molar-refractivity contribution in [2.45, 2.75) is 32.7 Å². The Morgan fingerprint density at radius 3 is 2.53 bits per heavy atom. The quantitative estimate of drug-likeness (QED) is 0.743. The first kappa shape index (κ1) is 12.5. The number of thioether (sulfide) groups is 1. The molecule has 0 spiro atoms. The highest BCUT2D eigenvalue weighted by molar-refractivity contribution is 8.14. The molecule has 4 nitrogen and oxygen atoms in total. The fourth-order valence-corrected chi connectivity index (χ4v) is 2.05. The molecule has 15 heavy (non-hydrogen) atoms. The van der Waals surface area contributed by atoms with Gasteiger partial charge in [0.25, 0.3) is 5.24 Å². The van der Waals surface area contributed by atoms with Crippen LogP contribution in [0, 0.1) is 0 Å². The molecule has 0 aromatic rings. The van der Waals surface area contributed by atoms with Gasteiger partial charge in [0.15, 0.2) is 0 Å². The summed E-state index contributed by atoms with van der Waals surface area (Å²) in [6.07, 6.45) is 0.815. The zero-order chi connectivity index (χ0) is 11.5. The number of carbonyl (C=O) groups excluding carboxylic acids is 2. The average Bonchev–Trinajstić information content (AvgIpc) is 2.40.